The van der Waals surface area contributed by atoms with Crippen LogP contribution in [0.5, 0.6) is 0 Å². The summed E-state index contributed by atoms with van der Waals surface area (Å²) in [6.07, 6.45) is -0.916. The molecule has 0 N–H and O–H groups in total. The van der Waals surface area contributed by atoms with Gasteiger partial charge in [-0.2, -0.15) is 13.2 Å². The van der Waals surface area contributed by atoms with Crippen molar-refractivity contribution in [2.24, 2.45) is 0 Å². The van der Waals surface area contributed by atoms with Crippen LogP contribution in [0.1, 0.15) is 29.7 Å². The topological polar surface area (TPSA) is 18.5 Å². The highest BCUT2D eigenvalue weighted by Gasteiger charge is 2.32. The highest BCUT2D eigenvalue weighted by molar-refractivity contribution is 7.10. The predicted molar refractivity (Wildman–Crippen MR) is 62.6 cm³/mol. The van der Waals surface area contributed by atoms with E-state index in [2.05, 4.69) is 0 Å². The van der Waals surface area contributed by atoms with Gasteiger partial charge in [0, 0.05) is 6.61 Å². The molecule has 0 aromatic carbocycles. The van der Waals surface area contributed by atoms with E-state index in [9.17, 15) is 13.2 Å². The minimum absolute atomic E-state index is 0.181. The van der Waals surface area contributed by atoms with Crippen LogP contribution in [0.15, 0.2) is 11.4 Å². The summed E-state index contributed by atoms with van der Waals surface area (Å²) in [5, 5.41) is 1.54. The van der Waals surface area contributed by atoms with Gasteiger partial charge in [-0.15, -0.1) is 11.3 Å². The molecule has 1 unspecified atom stereocenters. The van der Waals surface area contributed by atoms with Gasteiger partial charge in [0.1, 0.15) is 4.88 Å². The van der Waals surface area contributed by atoms with Crippen LogP contribution in [0.3, 0.4) is 0 Å². The van der Waals surface area contributed by atoms with Crippen molar-refractivity contribution >= 4 is 11.3 Å². The molecule has 1 aromatic heterocycles. The minimum Gasteiger partial charge on any atom is -0.353 e. The normalized spacial score (nSPS) is 21.2. The van der Waals surface area contributed by atoms with Crippen LogP contribution in [0.25, 0.3) is 0 Å². The zero-order chi connectivity index (χ0) is 13.0. The molecule has 1 aliphatic rings. The van der Waals surface area contributed by atoms with Crippen molar-refractivity contribution in [3.8, 4) is 0 Å². The molecular formula is C12H15F3O2S. The zero-order valence-electron chi connectivity index (χ0n) is 9.83. The monoisotopic (exact) mass is 280 g/mol. The Kier molecular flexibility index (Phi) is 4.64. The summed E-state index contributed by atoms with van der Waals surface area (Å²) >= 11 is 0.731. The fourth-order valence-corrected chi connectivity index (χ4v) is 2.62. The van der Waals surface area contributed by atoms with Gasteiger partial charge in [0.05, 0.1) is 6.61 Å². The van der Waals surface area contributed by atoms with E-state index in [1.54, 1.807) is 0 Å². The second-order valence-corrected chi connectivity index (χ2v) is 5.15. The first kappa shape index (κ1) is 13.8. The number of ether oxygens (including phenoxy) is 2. The molecule has 102 valence electrons. The number of hydrogen-bond donors (Lipinski definition) is 0. The Bertz CT molecular complexity index is 370. The van der Waals surface area contributed by atoms with Gasteiger partial charge < -0.3 is 9.47 Å². The lowest BCUT2D eigenvalue weighted by molar-refractivity contribution is -0.161. The van der Waals surface area contributed by atoms with Gasteiger partial charge in [-0.05, 0) is 42.7 Å². The van der Waals surface area contributed by atoms with Crippen LogP contribution in [0.2, 0.25) is 0 Å². The molecule has 2 rings (SSSR count). The van der Waals surface area contributed by atoms with Crippen molar-refractivity contribution in [3.05, 3.63) is 21.9 Å². The lowest BCUT2D eigenvalue weighted by Gasteiger charge is -2.22. The molecule has 1 atom stereocenters. The third kappa shape index (κ3) is 3.96. The molecule has 2 nitrogen and oxygen atoms in total. The zero-order valence-corrected chi connectivity index (χ0v) is 10.6. The van der Waals surface area contributed by atoms with Gasteiger partial charge in [0.15, 0.2) is 6.29 Å². The minimum atomic E-state index is -4.24. The van der Waals surface area contributed by atoms with Crippen molar-refractivity contribution in [1.29, 1.82) is 0 Å². The summed E-state index contributed by atoms with van der Waals surface area (Å²) in [4.78, 5) is -0.550. The standard InChI is InChI=1S/C12H15F3O2S/c13-12(14,15)10-7-9(8-18-10)4-6-17-11-3-1-2-5-16-11/h7-8,11H,1-6H2. The van der Waals surface area contributed by atoms with Crippen molar-refractivity contribution in [3.63, 3.8) is 0 Å². The Morgan fingerprint density at radius 3 is 2.83 bits per heavy atom. The van der Waals surface area contributed by atoms with Crippen LogP contribution in [-0.4, -0.2) is 19.5 Å². The number of halogens is 3. The summed E-state index contributed by atoms with van der Waals surface area (Å²) < 4.78 is 48.0. The maximum Gasteiger partial charge on any atom is 0.425 e. The average Bonchev–Trinajstić information content (AvgIpc) is 2.79. The van der Waals surface area contributed by atoms with Gasteiger partial charge in [-0.25, -0.2) is 0 Å². The fourth-order valence-electron chi connectivity index (χ4n) is 1.81. The van der Waals surface area contributed by atoms with Crippen LogP contribution < -0.4 is 0 Å². The van der Waals surface area contributed by atoms with Gasteiger partial charge in [0.25, 0.3) is 0 Å². The van der Waals surface area contributed by atoms with Crippen LogP contribution >= 0.6 is 11.3 Å². The third-order valence-electron chi connectivity index (χ3n) is 2.77. The molecule has 1 aromatic rings. The number of alkyl halides is 3. The van der Waals surface area contributed by atoms with E-state index in [-0.39, 0.29) is 6.29 Å². The van der Waals surface area contributed by atoms with Gasteiger partial charge >= 0.3 is 6.18 Å². The SMILES string of the molecule is FC(F)(F)c1cc(CCOC2CCCCO2)cs1. The highest BCUT2D eigenvalue weighted by atomic mass is 32.1. The Morgan fingerprint density at radius 2 is 2.22 bits per heavy atom. The van der Waals surface area contributed by atoms with E-state index in [1.807, 2.05) is 0 Å². The van der Waals surface area contributed by atoms with Gasteiger partial charge in [-0.3, -0.25) is 0 Å². The number of hydrogen-bond acceptors (Lipinski definition) is 3. The highest BCUT2D eigenvalue weighted by Crippen LogP contribution is 2.34. The quantitative estimate of drug-likeness (QED) is 0.834. The molecule has 0 amide bonds. The van der Waals surface area contributed by atoms with Crippen molar-refractivity contribution in [1.82, 2.24) is 0 Å². The van der Waals surface area contributed by atoms with Crippen LogP contribution in [0, 0.1) is 0 Å². The lowest BCUT2D eigenvalue weighted by Crippen LogP contribution is -2.23. The Morgan fingerprint density at radius 1 is 1.39 bits per heavy atom. The maximum atomic E-state index is 12.4. The molecule has 1 aliphatic heterocycles. The summed E-state index contributed by atoms with van der Waals surface area (Å²) in [6.45, 7) is 1.11. The van der Waals surface area contributed by atoms with E-state index in [0.29, 0.717) is 25.2 Å². The van der Waals surface area contributed by atoms with Crippen molar-refractivity contribution in [2.45, 2.75) is 38.1 Å². The lowest BCUT2D eigenvalue weighted by atomic mass is 10.2. The Balaban J connectivity index is 1.74. The number of rotatable bonds is 4. The molecule has 18 heavy (non-hydrogen) atoms. The van der Waals surface area contributed by atoms with E-state index >= 15 is 0 Å². The second kappa shape index (κ2) is 6.04. The third-order valence-corrected chi connectivity index (χ3v) is 3.79. The Labute approximate surface area is 108 Å². The molecule has 6 heteroatoms. The number of thiophene rings is 1. The molecular weight excluding hydrogens is 265 g/mol. The molecule has 0 bridgehead atoms. The van der Waals surface area contributed by atoms with E-state index < -0.39 is 11.1 Å². The Hall–Kier alpha value is -0.590. The first-order valence-corrected chi connectivity index (χ1v) is 6.81. The van der Waals surface area contributed by atoms with Crippen molar-refractivity contribution < 1.29 is 22.6 Å². The predicted octanol–water partition coefficient (Wildman–Crippen LogP) is 3.85. The molecule has 0 radical (unpaired) electrons. The largest absolute Gasteiger partial charge is 0.425 e. The fraction of sp³-hybridized carbons (Fsp3) is 0.667. The molecule has 1 saturated heterocycles. The summed E-state index contributed by atoms with van der Waals surface area (Å²) in [7, 11) is 0. The molecule has 0 aliphatic carbocycles. The average molecular weight is 280 g/mol. The maximum absolute atomic E-state index is 12.4. The molecule has 1 fully saturated rings. The molecule has 0 spiro atoms. The second-order valence-electron chi connectivity index (χ2n) is 4.23. The van der Waals surface area contributed by atoms with Crippen LogP contribution in [-0.2, 0) is 22.1 Å². The van der Waals surface area contributed by atoms with E-state index in [1.165, 1.54) is 11.4 Å². The first-order chi connectivity index (χ1) is 8.55. The van der Waals surface area contributed by atoms with Crippen LogP contribution in [0.4, 0.5) is 13.2 Å². The van der Waals surface area contributed by atoms with Crippen molar-refractivity contribution in [2.75, 3.05) is 13.2 Å². The molecule has 0 saturated carbocycles. The van der Waals surface area contributed by atoms with E-state index in [0.717, 1.165) is 30.6 Å². The van der Waals surface area contributed by atoms with Gasteiger partial charge in [0.2, 0.25) is 0 Å². The van der Waals surface area contributed by atoms with Gasteiger partial charge in [-0.1, -0.05) is 0 Å². The first-order valence-electron chi connectivity index (χ1n) is 5.93. The molecule has 2 heterocycles. The summed E-state index contributed by atoms with van der Waals surface area (Å²) in [5.74, 6) is 0. The van der Waals surface area contributed by atoms with E-state index in [4.69, 9.17) is 9.47 Å². The summed E-state index contributed by atoms with van der Waals surface area (Å²) in [6, 6.07) is 1.19. The smallest absolute Gasteiger partial charge is 0.353 e. The summed E-state index contributed by atoms with van der Waals surface area (Å²) in [5.41, 5.74) is 0.670.